The molecule has 0 aromatic rings. The Morgan fingerprint density at radius 1 is 1.44 bits per heavy atom. The molecule has 1 heterocycles. The Labute approximate surface area is 108 Å². The first-order valence-corrected chi connectivity index (χ1v) is 6.62. The summed E-state index contributed by atoms with van der Waals surface area (Å²) in [6.07, 6.45) is 3.73. The predicted octanol–water partition coefficient (Wildman–Crippen LogP) is 0.993. The van der Waals surface area contributed by atoms with Crippen LogP contribution in [0.25, 0.3) is 0 Å². The van der Waals surface area contributed by atoms with Crippen molar-refractivity contribution in [2.24, 2.45) is 11.3 Å². The van der Waals surface area contributed by atoms with Crippen LogP contribution in [0.4, 0.5) is 0 Å². The van der Waals surface area contributed by atoms with E-state index in [4.69, 9.17) is 5.11 Å². The van der Waals surface area contributed by atoms with E-state index in [1.54, 1.807) is 13.8 Å². The highest BCUT2D eigenvalue weighted by molar-refractivity contribution is 5.78. The minimum atomic E-state index is -0.901. The summed E-state index contributed by atoms with van der Waals surface area (Å²) >= 11 is 0. The summed E-state index contributed by atoms with van der Waals surface area (Å²) in [5.74, 6) is -0.355. The third kappa shape index (κ3) is 5.04. The molecule has 104 valence electrons. The Morgan fingerprint density at radius 2 is 2.17 bits per heavy atom. The van der Waals surface area contributed by atoms with Gasteiger partial charge in [0.15, 0.2) is 0 Å². The van der Waals surface area contributed by atoms with E-state index in [-0.39, 0.29) is 12.5 Å². The number of carbonyl (C=O) groups excluding carboxylic acids is 1. The van der Waals surface area contributed by atoms with Crippen LogP contribution >= 0.6 is 0 Å². The second-order valence-corrected chi connectivity index (χ2v) is 5.72. The van der Waals surface area contributed by atoms with Crippen molar-refractivity contribution in [1.29, 1.82) is 0 Å². The van der Waals surface area contributed by atoms with Crippen molar-refractivity contribution >= 4 is 11.9 Å². The molecule has 5 nitrogen and oxygen atoms in total. The molecule has 0 aromatic carbocycles. The molecule has 1 fully saturated rings. The molecule has 0 aromatic heterocycles. The molecule has 1 unspecified atom stereocenters. The number of hydrogen-bond acceptors (Lipinski definition) is 3. The van der Waals surface area contributed by atoms with Crippen LogP contribution in [0.3, 0.4) is 0 Å². The Morgan fingerprint density at radius 3 is 2.72 bits per heavy atom. The quantitative estimate of drug-likeness (QED) is 0.662. The van der Waals surface area contributed by atoms with Crippen molar-refractivity contribution in [3.8, 4) is 0 Å². The van der Waals surface area contributed by atoms with Crippen molar-refractivity contribution in [3.05, 3.63) is 0 Å². The number of hydrogen-bond donors (Lipinski definition) is 3. The van der Waals surface area contributed by atoms with Crippen LogP contribution in [-0.4, -0.2) is 36.6 Å². The maximum atomic E-state index is 11.6. The van der Waals surface area contributed by atoms with E-state index in [1.165, 1.54) is 12.8 Å². The number of aliphatic carboxylic acids is 1. The topological polar surface area (TPSA) is 78.4 Å². The molecule has 1 aliphatic heterocycles. The maximum absolute atomic E-state index is 11.6. The van der Waals surface area contributed by atoms with E-state index in [2.05, 4.69) is 10.6 Å². The zero-order chi connectivity index (χ0) is 13.6. The van der Waals surface area contributed by atoms with E-state index in [9.17, 15) is 9.59 Å². The molecule has 1 aliphatic rings. The molecule has 1 rings (SSSR count). The van der Waals surface area contributed by atoms with Crippen LogP contribution < -0.4 is 10.6 Å². The molecule has 0 saturated carbocycles. The lowest BCUT2D eigenvalue weighted by Gasteiger charge is -2.23. The summed E-state index contributed by atoms with van der Waals surface area (Å²) in [7, 11) is 0. The summed E-state index contributed by atoms with van der Waals surface area (Å²) in [6, 6.07) is 0. The largest absolute Gasteiger partial charge is 0.481 e. The summed E-state index contributed by atoms with van der Waals surface area (Å²) in [5, 5.41) is 15.0. The van der Waals surface area contributed by atoms with E-state index < -0.39 is 11.4 Å². The second-order valence-electron chi connectivity index (χ2n) is 5.72. The number of amides is 1. The van der Waals surface area contributed by atoms with E-state index >= 15 is 0 Å². The van der Waals surface area contributed by atoms with Gasteiger partial charge in [0.25, 0.3) is 0 Å². The van der Waals surface area contributed by atoms with Crippen LogP contribution in [0.1, 0.15) is 39.5 Å². The lowest BCUT2D eigenvalue weighted by atomic mass is 9.93. The summed E-state index contributed by atoms with van der Waals surface area (Å²) in [6.45, 7) is 5.48. The average Bonchev–Trinajstić information content (AvgIpc) is 2.35. The summed E-state index contributed by atoms with van der Waals surface area (Å²) in [4.78, 5) is 22.5. The first kappa shape index (κ1) is 15.0. The molecule has 1 amide bonds. The Bertz CT molecular complexity index is 297. The number of rotatable bonds is 6. The first-order chi connectivity index (χ1) is 8.42. The second kappa shape index (κ2) is 6.73. The number of carbonyl (C=O) groups is 2. The van der Waals surface area contributed by atoms with Gasteiger partial charge in [-0.3, -0.25) is 9.59 Å². The van der Waals surface area contributed by atoms with Crippen LogP contribution in [0.2, 0.25) is 0 Å². The highest BCUT2D eigenvalue weighted by Gasteiger charge is 2.27. The fourth-order valence-electron chi connectivity index (χ4n) is 1.99. The minimum Gasteiger partial charge on any atom is -0.481 e. The monoisotopic (exact) mass is 256 g/mol. The normalized spacial score (nSPS) is 20.4. The number of carboxylic acid groups (broad SMARTS) is 1. The van der Waals surface area contributed by atoms with E-state index in [0.29, 0.717) is 12.3 Å². The molecule has 5 heteroatoms. The molecule has 0 spiro atoms. The minimum absolute atomic E-state index is 0.0464. The van der Waals surface area contributed by atoms with Gasteiger partial charge < -0.3 is 15.7 Å². The predicted molar refractivity (Wildman–Crippen MR) is 69.3 cm³/mol. The Hall–Kier alpha value is -1.10. The van der Waals surface area contributed by atoms with E-state index in [1.807, 2.05) is 0 Å². The van der Waals surface area contributed by atoms with Gasteiger partial charge in [0.1, 0.15) is 0 Å². The highest BCUT2D eigenvalue weighted by Crippen LogP contribution is 2.16. The third-order valence-electron chi connectivity index (χ3n) is 3.49. The molecule has 1 atom stereocenters. The fourth-order valence-corrected chi connectivity index (χ4v) is 1.99. The van der Waals surface area contributed by atoms with Gasteiger partial charge in [0, 0.05) is 13.0 Å². The zero-order valence-corrected chi connectivity index (χ0v) is 11.3. The maximum Gasteiger partial charge on any atom is 0.310 e. The molecular formula is C13H24N2O3. The van der Waals surface area contributed by atoms with Crippen molar-refractivity contribution in [2.45, 2.75) is 39.5 Å². The van der Waals surface area contributed by atoms with Gasteiger partial charge in [-0.05, 0) is 52.1 Å². The molecule has 1 saturated heterocycles. The number of nitrogens with one attached hydrogen (secondary N) is 2. The molecular weight excluding hydrogens is 232 g/mol. The van der Waals surface area contributed by atoms with Crippen LogP contribution in [-0.2, 0) is 9.59 Å². The molecule has 18 heavy (non-hydrogen) atoms. The van der Waals surface area contributed by atoms with Crippen molar-refractivity contribution < 1.29 is 14.7 Å². The van der Waals surface area contributed by atoms with Gasteiger partial charge in [0.2, 0.25) is 5.91 Å². The zero-order valence-electron chi connectivity index (χ0n) is 11.3. The fraction of sp³-hybridized carbons (Fsp3) is 0.846. The van der Waals surface area contributed by atoms with Crippen molar-refractivity contribution in [1.82, 2.24) is 10.6 Å². The standard InChI is InChI=1S/C13H24N2O3/c1-13(2,12(17)18)9-15-11(16)6-5-10-4-3-7-14-8-10/h10,14H,3-9H2,1-2H3,(H,15,16)(H,17,18). The van der Waals surface area contributed by atoms with Gasteiger partial charge in [-0.25, -0.2) is 0 Å². The first-order valence-electron chi connectivity index (χ1n) is 6.62. The smallest absolute Gasteiger partial charge is 0.310 e. The van der Waals surface area contributed by atoms with Gasteiger partial charge in [-0.2, -0.15) is 0 Å². The molecule has 0 radical (unpaired) electrons. The summed E-state index contributed by atoms with van der Waals surface area (Å²) in [5.41, 5.74) is -0.901. The van der Waals surface area contributed by atoms with Gasteiger partial charge >= 0.3 is 5.97 Å². The lowest BCUT2D eigenvalue weighted by molar-refractivity contribution is -0.146. The number of piperidine rings is 1. The van der Waals surface area contributed by atoms with Crippen LogP contribution in [0, 0.1) is 11.3 Å². The van der Waals surface area contributed by atoms with Gasteiger partial charge in [-0.15, -0.1) is 0 Å². The Kier molecular flexibility index (Phi) is 5.59. The molecule has 0 bridgehead atoms. The van der Waals surface area contributed by atoms with Gasteiger partial charge in [-0.1, -0.05) is 0 Å². The SMILES string of the molecule is CC(C)(CNC(=O)CCC1CCCNC1)C(=O)O. The molecule has 0 aliphatic carbocycles. The van der Waals surface area contributed by atoms with Gasteiger partial charge in [0.05, 0.1) is 5.41 Å². The Balaban J connectivity index is 2.19. The number of carboxylic acids is 1. The highest BCUT2D eigenvalue weighted by atomic mass is 16.4. The van der Waals surface area contributed by atoms with Crippen LogP contribution in [0.5, 0.6) is 0 Å². The van der Waals surface area contributed by atoms with Crippen molar-refractivity contribution in [3.63, 3.8) is 0 Å². The lowest BCUT2D eigenvalue weighted by Crippen LogP contribution is -2.39. The molecule has 3 N–H and O–H groups in total. The van der Waals surface area contributed by atoms with Crippen LogP contribution in [0.15, 0.2) is 0 Å². The average molecular weight is 256 g/mol. The van der Waals surface area contributed by atoms with E-state index in [0.717, 1.165) is 19.5 Å². The van der Waals surface area contributed by atoms with Crippen molar-refractivity contribution in [2.75, 3.05) is 19.6 Å². The third-order valence-corrected chi connectivity index (χ3v) is 3.49. The summed E-state index contributed by atoms with van der Waals surface area (Å²) < 4.78 is 0.